The number of guanidine groups is 1. The van der Waals surface area contributed by atoms with Gasteiger partial charge in [0.2, 0.25) is 0 Å². The first kappa shape index (κ1) is 21.4. The first-order chi connectivity index (χ1) is 14.1. The van der Waals surface area contributed by atoms with Crippen molar-refractivity contribution in [3.8, 4) is 0 Å². The van der Waals surface area contributed by atoms with Gasteiger partial charge >= 0.3 is 0 Å². The number of carbonyl (C=O) groups excluding carboxylic acids is 2. The fourth-order valence-corrected chi connectivity index (χ4v) is 4.19. The summed E-state index contributed by atoms with van der Waals surface area (Å²) in [5.41, 5.74) is 11.5. The van der Waals surface area contributed by atoms with Crippen LogP contribution in [0.2, 0.25) is 0 Å². The van der Waals surface area contributed by atoms with E-state index in [0.717, 1.165) is 6.26 Å². The summed E-state index contributed by atoms with van der Waals surface area (Å²) in [6, 6.07) is 5.99. The highest BCUT2D eigenvalue weighted by Crippen LogP contribution is 2.28. The Morgan fingerprint density at radius 2 is 1.73 bits per heavy atom. The Hall–Kier alpha value is -3.34. The lowest BCUT2D eigenvalue weighted by Gasteiger charge is -2.36. The maximum atomic E-state index is 12.6. The monoisotopic (exact) mass is 433 g/mol. The van der Waals surface area contributed by atoms with Gasteiger partial charge < -0.3 is 25.7 Å². The van der Waals surface area contributed by atoms with Gasteiger partial charge in [-0.1, -0.05) is 0 Å². The summed E-state index contributed by atoms with van der Waals surface area (Å²) in [6.45, 7) is 3.48. The molecule has 11 heteroatoms. The van der Waals surface area contributed by atoms with Crippen molar-refractivity contribution in [1.29, 1.82) is 0 Å². The summed E-state index contributed by atoms with van der Waals surface area (Å²) >= 11 is 0. The number of hydrogen-bond donors (Lipinski definition) is 2. The average Bonchev–Trinajstić information content (AvgIpc) is 3.12. The third kappa shape index (κ3) is 4.62. The molecule has 0 saturated carbocycles. The van der Waals surface area contributed by atoms with E-state index in [0.29, 0.717) is 43.2 Å². The highest BCUT2D eigenvalue weighted by atomic mass is 32.2. The molecule has 0 spiro atoms. The van der Waals surface area contributed by atoms with Crippen molar-refractivity contribution in [3.05, 3.63) is 47.4 Å². The third-order valence-electron chi connectivity index (χ3n) is 4.72. The standard InChI is InChI=1S/C19H23N5O5S/c1-12-9-14(11-29-12)18(26)24-7-5-23(6-8-24)15-4-3-13(17(25)22-19(20)21)10-16(15)30(2,27)28/h3-4,9-11H,5-8H2,1-2H3,(H4,20,21,22,25). The van der Waals surface area contributed by atoms with Crippen molar-refractivity contribution >= 4 is 33.3 Å². The van der Waals surface area contributed by atoms with Gasteiger partial charge in [0, 0.05) is 38.0 Å². The second kappa shape index (κ2) is 8.19. The number of aliphatic imine (C=N–C) groups is 1. The van der Waals surface area contributed by atoms with E-state index < -0.39 is 21.7 Å². The molecule has 4 N–H and O–H groups in total. The molecule has 2 amide bonds. The molecule has 3 rings (SSSR count). The highest BCUT2D eigenvalue weighted by Gasteiger charge is 2.27. The summed E-state index contributed by atoms with van der Waals surface area (Å²) in [5.74, 6) is -0.603. The minimum Gasteiger partial charge on any atom is -0.469 e. The molecule has 2 aromatic rings. The van der Waals surface area contributed by atoms with Crippen molar-refractivity contribution < 1.29 is 22.4 Å². The lowest BCUT2D eigenvalue weighted by molar-refractivity contribution is 0.0745. The van der Waals surface area contributed by atoms with Gasteiger partial charge in [0.15, 0.2) is 15.8 Å². The van der Waals surface area contributed by atoms with Gasteiger partial charge in [0.05, 0.1) is 16.1 Å². The van der Waals surface area contributed by atoms with Gasteiger partial charge in [0.1, 0.15) is 12.0 Å². The first-order valence-electron chi connectivity index (χ1n) is 9.13. The lowest BCUT2D eigenvalue weighted by Crippen LogP contribution is -2.49. The van der Waals surface area contributed by atoms with Crippen molar-refractivity contribution in [2.45, 2.75) is 11.8 Å². The summed E-state index contributed by atoms with van der Waals surface area (Å²) < 4.78 is 29.9. The van der Waals surface area contributed by atoms with E-state index >= 15 is 0 Å². The molecule has 1 aromatic heterocycles. The average molecular weight is 433 g/mol. The van der Waals surface area contributed by atoms with Crippen LogP contribution in [0.1, 0.15) is 26.5 Å². The molecule has 1 aliphatic rings. The third-order valence-corrected chi connectivity index (χ3v) is 5.85. The van der Waals surface area contributed by atoms with E-state index in [4.69, 9.17) is 15.9 Å². The summed E-state index contributed by atoms with van der Waals surface area (Å²) in [7, 11) is -3.64. The van der Waals surface area contributed by atoms with Crippen molar-refractivity contribution in [3.63, 3.8) is 0 Å². The molecule has 0 bridgehead atoms. The van der Waals surface area contributed by atoms with Crippen LogP contribution in [0.25, 0.3) is 0 Å². The van der Waals surface area contributed by atoms with Crippen LogP contribution in [0.4, 0.5) is 5.69 Å². The Bertz CT molecular complexity index is 1110. The number of anilines is 1. The van der Waals surface area contributed by atoms with Crippen LogP contribution in [0.5, 0.6) is 0 Å². The van der Waals surface area contributed by atoms with E-state index in [-0.39, 0.29) is 16.4 Å². The molecule has 10 nitrogen and oxygen atoms in total. The molecule has 0 radical (unpaired) electrons. The first-order valence-corrected chi connectivity index (χ1v) is 11.0. The molecule has 1 saturated heterocycles. The van der Waals surface area contributed by atoms with Gasteiger partial charge in [-0.05, 0) is 31.2 Å². The van der Waals surface area contributed by atoms with Crippen LogP contribution in [-0.4, -0.2) is 63.5 Å². The molecule has 160 valence electrons. The normalized spacial score (nSPS) is 14.5. The number of carbonyl (C=O) groups is 2. The second-order valence-corrected chi connectivity index (χ2v) is 9.01. The van der Waals surface area contributed by atoms with E-state index in [2.05, 4.69) is 4.99 Å². The van der Waals surface area contributed by atoms with E-state index in [1.807, 2.05) is 4.90 Å². The van der Waals surface area contributed by atoms with Gasteiger partial charge in [0.25, 0.3) is 11.8 Å². The molecule has 0 atom stereocenters. The molecular weight excluding hydrogens is 410 g/mol. The zero-order chi connectivity index (χ0) is 22.1. The molecule has 2 heterocycles. The van der Waals surface area contributed by atoms with Crippen LogP contribution < -0.4 is 16.4 Å². The van der Waals surface area contributed by atoms with Crippen molar-refractivity contribution in [1.82, 2.24) is 4.90 Å². The maximum absolute atomic E-state index is 12.6. The van der Waals surface area contributed by atoms with Gasteiger partial charge in [-0.25, -0.2) is 8.42 Å². The topological polar surface area (TPSA) is 152 Å². The Balaban J connectivity index is 1.82. The number of hydrogen-bond acceptors (Lipinski definition) is 6. The van der Waals surface area contributed by atoms with E-state index in [1.165, 1.54) is 18.4 Å². The SMILES string of the molecule is Cc1cc(C(=O)N2CCN(c3ccc(C(=O)N=C(N)N)cc3S(C)(=O)=O)CC2)co1. The fraction of sp³-hybridized carbons (Fsp3) is 0.316. The molecule has 1 fully saturated rings. The molecule has 1 aliphatic heterocycles. The number of nitrogens with two attached hydrogens (primary N) is 2. The Morgan fingerprint density at radius 1 is 1.07 bits per heavy atom. The number of furan rings is 1. The summed E-state index contributed by atoms with van der Waals surface area (Å²) in [6.07, 6.45) is 2.50. The second-order valence-electron chi connectivity index (χ2n) is 7.02. The van der Waals surface area contributed by atoms with Crippen LogP contribution >= 0.6 is 0 Å². The van der Waals surface area contributed by atoms with Gasteiger partial charge in [-0.2, -0.15) is 4.99 Å². The van der Waals surface area contributed by atoms with Gasteiger partial charge in [-0.3, -0.25) is 9.59 Å². The molecule has 0 unspecified atom stereocenters. The van der Waals surface area contributed by atoms with E-state index in [9.17, 15) is 18.0 Å². The number of nitrogens with zero attached hydrogens (tertiary/aromatic N) is 3. The Kier molecular flexibility index (Phi) is 5.83. The zero-order valence-corrected chi connectivity index (χ0v) is 17.5. The van der Waals surface area contributed by atoms with E-state index in [1.54, 1.807) is 24.0 Å². The van der Waals surface area contributed by atoms with Crippen LogP contribution in [0, 0.1) is 6.92 Å². The fourth-order valence-electron chi connectivity index (χ4n) is 3.28. The number of sulfone groups is 1. The quantitative estimate of drug-likeness (QED) is 0.518. The number of aryl methyl sites for hydroxylation is 1. The molecule has 0 aliphatic carbocycles. The minimum absolute atomic E-state index is 0.00405. The van der Waals surface area contributed by atoms with Crippen molar-refractivity contribution in [2.75, 3.05) is 37.3 Å². The maximum Gasteiger partial charge on any atom is 0.280 e. The molecule has 30 heavy (non-hydrogen) atoms. The van der Waals surface area contributed by atoms with Crippen LogP contribution in [0.3, 0.4) is 0 Å². The van der Waals surface area contributed by atoms with Crippen LogP contribution in [0.15, 0.2) is 44.8 Å². The summed E-state index contributed by atoms with van der Waals surface area (Å²) in [5, 5.41) is 0. The predicted molar refractivity (Wildman–Crippen MR) is 111 cm³/mol. The largest absolute Gasteiger partial charge is 0.469 e. The molecule has 1 aromatic carbocycles. The number of piperazine rings is 1. The van der Waals surface area contributed by atoms with Crippen LogP contribution in [-0.2, 0) is 9.84 Å². The predicted octanol–water partition coefficient (Wildman–Crippen LogP) is 0.368. The zero-order valence-electron chi connectivity index (χ0n) is 16.7. The highest BCUT2D eigenvalue weighted by molar-refractivity contribution is 7.90. The minimum atomic E-state index is -3.64. The summed E-state index contributed by atoms with van der Waals surface area (Å²) in [4.78, 5) is 31.7. The Morgan fingerprint density at radius 3 is 2.27 bits per heavy atom. The molecular formula is C19H23N5O5S. The number of benzene rings is 1. The number of amides is 2. The Labute approximate surface area is 174 Å². The van der Waals surface area contributed by atoms with Crippen molar-refractivity contribution in [2.24, 2.45) is 16.5 Å². The number of rotatable bonds is 4. The van der Waals surface area contributed by atoms with Gasteiger partial charge in [-0.15, -0.1) is 0 Å². The smallest absolute Gasteiger partial charge is 0.280 e. The lowest BCUT2D eigenvalue weighted by atomic mass is 10.1.